The van der Waals surface area contributed by atoms with Crippen LogP contribution in [0.3, 0.4) is 0 Å². The number of hydrogen-bond donors (Lipinski definition) is 1. The summed E-state index contributed by atoms with van der Waals surface area (Å²) in [5.41, 5.74) is 6.94. The van der Waals surface area contributed by atoms with Crippen molar-refractivity contribution in [3.05, 3.63) is 63.7 Å². The average molecular weight is 417 g/mol. The molecule has 147 valence electrons. The number of rotatable bonds is 6. The molecule has 2 unspecified atom stereocenters. The van der Waals surface area contributed by atoms with E-state index in [0.717, 1.165) is 19.5 Å². The number of likely N-dealkylation sites (tertiary alicyclic amines) is 2. The maximum atomic E-state index is 12.8. The maximum absolute atomic E-state index is 12.8. The van der Waals surface area contributed by atoms with Crippen LogP contribution in [0.1, 0.15) is 21.7 Å². The van der Waals surface area contributed by atoms with E-state index in [1.54, 1.807) is 6.07 Å². The second kappa shape index (κ2) is 8.23. The van der Waals surface area contributed by atoms with Crippen molar-refractivity contribution in [1.29, 1.82) is 0 Å². The molecule has 28 heavy (non-hydrogen) atoms. The van der Waals surface area contributed by atoms with Gasteiger partial charge in [0, 0.05) is 25.6 Å². The van der Waals surface area contributed by atoms with E-state index in [9.17, 15) is 9.59 Å². The van der Waals surface area contributed by atoms with Crippen LogP contribution in [-0.2, 0) is 4.79 Å². The topological polar surface area (TPSA) is 66.6 Å². The van der Waals surface area contributed by atoms with Crippen molar-refractivity contribution in [3.8, 4) is 0 Å². The van der Waals surface area contributed by atoms with Crippen molar-refractivity contribution in [1.82, 2.24) is 9.80 Å². The van der Waals surface area contributed by atoms with Gasteiger partial charge < -0.3 is 10.6 Å². The first kappa shape index (κ1) is 19.4. The Morgan fingerprint density at radius 1 is 1.18 bits per heavy atom. The Kier molecular flexibility index (Phi) is 5.71. The van der Waals surface area contributed by atoms with E-state index in [0.29, 0.717) is 23.0 Å². The summed E-state index contributed by atoms with van der Waals surface area (Å²) in [5.74, 6) is 0.0334. The molecular weight excluding hydrogens is 394 g/mol. The Hall–Kier alpha value is -1.89. The third-order valence-corrected chi connectivity index (χ3v) is 7.08. The molecule has 2 amide bonds. The van der Waals surface area contributed by atoms with E-state index in [1.165, 1.54) is 16.9 Å². The van der Waals surface area contributed by atoms with Gasteiger partial charge in [-0.2, -0.15) is 0 Å². The Labute approximate surface area is 174 Å². The lowest BCUT2D eigenvalue weighted by Gasteiger charge is -2.27. The minimum absolute atomic E-state index is 0.0402. The minimum Gasteiger partial charge on any atom is -0.368 e. The van der Waals surface area contributed by atoms with E-state index in [2.05, 4.69) is 23.5 Å². The molecule has 2 aliphatic rings. The molecule has 2 fully saturated rings. The van der Waals surface area contributed by atoms with Gasteiger partial charge in [-0.1, -0.05) is 41.9 Å². The zero-order chi connectivity index (χ0) is 19.7. The number of thiophene rings is 1. The van der Waals surface area contributed by atoms with Gasteiger partial charge in [0.05, 0.1) is 11.1 Å². The molecule has 0 spiro atoms. The lowest BCUT2D eigenvalue weighted by atomic mass is 9.94. The summed E-state index contributed by atoms with van der Waals surface area (Å²) in [6.45, 7) is 2.80. The number of nitrogens with zero attached hydrogens (tertiary/aromatic N) is 2. The van der Waals surface area contributed by atoms with Crippen LogP contribution < -0.4 is 5.73 Å². The lowest BCUT2D eigenvalue weighted by molar-refractivity contribution is -0.123. The number of fused-ring (bicyclic) bond motifs is 1. The third kappa shape index (κ3) is 3.81. The highest BCUT2D eigenvalue weighted by Gasteiger charge is 2.50. The normalized spacial score (nSPS) is 24.5. The molecule has 1 radical (unpaired) electrons. The predicted molar refractivity (Wildman–Crippen MR) is 111 cm³/mol. The molecule has 2 saturated heterocycles. The van der Waals surface area contributed by atoms with E-state index >= 15 is 0 Å². The minimum atomic E-state index is -0.314. The standard InChI is InChI=1S/C21H23ClN3O2S/c22-17-8-10-28-19(17)21(27)25-12-15-11-24(18(20(23)26)16(15)13-25)9-4-7-14-5-2-1-3-6-14/h1-3,5-8,10,15-16,18H,4,9,11-13H2,(H2,23,26)/t15?,16-,18?/m1/s1. The van der Waals surface area contributed by atoms with Gasteiger partial charge in [-0.15, -0.1) is 11.3 Å². The van der Waals surface area contributed by atoms with E-state index in [-0.39, 0.29) is 29.7 Å². The second-order valence-corrected chi connectivity index (χ2v) is 8.80. The summed E-state index contributed by atoms with van der Waals surface area (Å²) in [6, 6.07) is 11.6. The van der Waals surface area contributed by atoms with E-state index in [1.807, 2.05) is 28.5 Å². The number of carbonyl (C=O) groups excluding carboxylic acids is 2. The molecular formula is C21H23ClN3O2S. The quantitative estimate of drug-likeness (QED) is 0.787. The van der Waals surface area contributed by atoms with Gasteiger partial charge >= 0.3 is 0 Å². The van der Waals surface area contributed by atoms with Crippen LogP contribution in [-0.4, -0.2) is 53.8 Å². The fourth-order valence-corrected chi connectivity index (χ4v) is 5.60. The maximum Gasteiger partial charge on any atom is 0.265 e. The van der Waals surface area contributed by atoms with Crippen molar-refractivity contribution >= 4 is 34.8 Å². The number of benzene rings is 1. The second-order valence-electron chi connectivity index (χ2n) is 7.48. The summed E-state index contributed by atoms with van der Waals surface area (Å²) in [6.07, 6.45) is 3.04. The molecule has 0 bridgehead atoms. The first-order valence-corrected chi connectivity index (χ1v) is 10.7. The van der Waals surface area contributed by atoms with Crippen LogP contribution >= 0.6 is 22.9 Å². The van der Waals surface area contributed by atoms with Crippen molar-refractivity contribution in [2.75, 3.05) is 26.2 Å². The summed E-state index contributed by atoms with van der Waals surface area (Å²) in [7, 11) is 0. The lowest BCUT2D eigenvalue weighted by Crippen LogP contribution is -2.46. The summed E-state index contributed by atoms with van der Waals surface area (Å²) < 4.78 is 0. The first-order chi connectivity index (χ1) is 13.5. The van der Waals surface area contributed by atoms with Crippen molar-refractivity contribution in [2.24, 2.45) is 17.6 Å². The van der Waals surface area contributed by atoms with Crippen molar-refractivity contribution in [2.45, 2.75) is 12.5 Å². The van der Waals surface area contributed by atoms with Gasteiger partial charge in [-0.3, -0.25) is 14.5 Å². The highest BCUT2D eigenvalue weighted by atomic mass is 35.5. The first-order valence-electron chi connectivity index (χ1n) is 9.48. The third-order valence-electron chi connectivity index (χ3n) is 5.75. The van der Waals surface area contributed by atoms with Crippen LogP contribution in [0.15, 0.2) is 41.8 Å². The average Bonchev–Trinajstić information content (AvgIpc) is 3.35. The molecule has 2 aromatic rings. The SMILES string of the molecule is NC(=O)C1[C@@H]2CN(C(=O)c3sccc3Cl)CC2CN1CC[CH]c1ccccc1. The van der Waals surface area contributed by atoms with Gasteiger partial charge in [0.1, 0.15) is 4.88 Å². The van der Waals surface area contributed by atoms with Gasteiger partial charge in [-0.25, -0.2) is 0 Å². The molecule has 1 aromatic carbocycles. The predicted octanol–water partition coefficient (Wildman–Crippen LogP) is 2.90. The highest BCUT2D eigenvalue weighted by molar-refractivity contribution is 7.12. The molecule has 4 rings (SSSR count). The van der Waals surface area contributed by atoms with Gasteiger partial charge in [-0.05, 0) is 42.3 Å². The molecule has 0 aliphatic carbocycles. The Balaban J connectivity index is 1.38. The van der Waals surface area contributed by atoms with Crippen molar-refractivity contribution < 1.29 is 9.59 Å². The zero-order valence-corrected chi connectivity index (χ0v) is 17.0. The van der Waals surface area contributed by atoms with Crippen LogP contribution in [0.4, 0.5) is 0 Å². The van der Waals surface area contributed by atoms with Crippen LogP contribution in [0, 0.1) is 18.3 Å². The van der Waals surface area contributed by atoms with Crippen molar-refractivity contribution in [3.63, 3.8) is 0 Å². The van der Waals surface area contributed by atoms with Crippen LogP contribution in [0.25, 0.3) is 0 Å². The van der Waals surface area contributed by atoms with Gasteiger partial charge in [0.15, 0.2) is 0 Å². The van der Waals surface area contributed by atoms with Gasteiger partial charge in [0.25, 0.3) is 5.91 Å². The molecule has 3 heterocycles. The van der Waals surface area contributed by atoms with Gasteiger partial charge in [0.2, 0.25) is 5.91 Å². The number of nitrogens with two attached hydrogens (primary N) is 1. The van der Waals surface area contributed by atoms with Crippen LogP contribution in [0.5, 0.6) is 0 Å². The number of hydrogen-bond acceptors (Lipinski definition) is 4. The summed E-state index contributed by atoms with van der Waals surface area (Å²) in [5, 5.41) is 2.32. The smallest absolute Gasteiger partial charge is 0.265 e. The zero-order valence-electron chi connectivity index (χ0n) is 15.5. The Morgan fingerprint density at radius 2 is 1.96 bits per heavy atom. The molecule has 2 aliphatic heterocycles. The molecule has 1 aromatic heterocycles. The number of halogens is 1. The molecule has 7 heteroatoms. The molecule has 3 atom stereocenters. The monoisotopic (exact) mass is 416 g/mol. The molecule has 0 saturated carbocycles. The molecule has 5 nitrogen and oxygen atoms in total. The largest absolute Gasteiger partial charge is 0.368 e. The van der Waals surface area contributed by atoms with E-state index < -0.39 is 0 Å². The number of amides is 2. The van der Waals surface area contributed by atoms with E-state index in [4.69, 9.17) is 17.3 Å². The summed E-state index contributed by atoms with van der Waals surface area (Å²) in [4.78, 5) is 29.6. The highest BCUT2D eigenvalue weighted by Crippen LogP contribution is 2.38. The Morgan fingerprint density at radius 3 is 2.64 bits per heavy atom. The molecule has 2 N–H and O–H groups in total. The Bertz CT molecular complexity index is 856. The fraction of sp³-hybridized carbons (Fsp3) is 0.381. The summed E-state index contributed by atoms with van der Waals surface area (Å²) >= 11 is 7.48. The fourth-order valence-electron chi connectivity index (χ4n) is 4.50. The number of primary amides is 1. The number of carbonyl (C=O) groups is 2. The van der Waals surface area contributed by atoms with Crippen LogP contribution in [0.2, 0.25) is 5.02 Å².